The molecule has 0 aromatic carbocycles. The first-order chi connectivity index (χ1) is 6.93. The lowest BCUT2D eigenvalue weighted by molar-refractivity contribution is 0.873. The molecule has 0 atom stereocenters. The van der Waals surface area contributed by atoms with E-state index in [1.54, 1.807) is 0 Å². The van der Waals surface area contributed by atoms with Crippen molar-refractivity contribution in [3.05, 3.63) is 46.6 Å². The predicted molar refractivity (Wildman–Crippen MR) is 57.7 cm³/mol. The highest BCUT2D eigenvalue weighted by molar-refractivity contribution is 5.46. The van der Waals surface area contributed by atoms with Gasteiger partial charge in [-0.2, -0.15) is 0 Å². The van der Waals surface area contributed by atoms with Gasteiger partial charge in [-0.3, -0.25) is 5.32 Å². The number of allylic oxidation sites excluding steroid dienone is 4. The van der Waals surface area contributed by atoms with Gasteiger partial charge in [0.15, 0.2) is 0 Å². The summed E-state index contributed by atoms with van der Waals surface area (Å²) in [5, 5.41) is 3.37. The van der Waals surface area contributed by atoms with Crippen molar-refractivity contribution in [3.63, 3.8) is 0 Å². The quantitative estimate of drug-likeness (QED) is 0.570. The Morgan fingerprint density at radius 1 is 1.00 bits per heavy atom. The zero-order valence-electron chi connectivity index (χ0n) is 8.27. The molecule has 0 bridgehead atoms. The third-order valence-corrected chi connectivity index (χ3v) is 3.21. The smallest absolute Gasteiger partial charge is 0.117 e. The van der Waals surface area contributed by atoms with E-state index in [-0.39, 0.29) is 0 Å². The molecule has 0 unspecified atom stereocenters. The van der Waals surface area contributed by atoms with E-state index < -0.39 is 0 Å². The van der Waals surface area contributed by atoms with E-state index >= 15 is 0 Å². The van der Waals surface area contributed by atoms with E-state index in [1.807, 2.05) is 0 Å². The molecule has 0 radical (unpaired) electrons. The second kappa shape index (κ2) is 3.20. The van der Waals surface area contributed by atoms with E-state index in [9.17, 15) is 0 Å². The molecule has 0 fully saturated rings. The fraction of sp³-hybridized carbons (Fsp3) is 0.385. The highest BCUT2D eigenvalue weighted by Gasteiger charge is 2.22. The maximum atomic E-state index is 3.46. The molecule has 0 amide bonds. The first-order valence-electron chi connectivity index (χ1n) is 5.36. The van der Waals surface area contributed by atoms with Crippen molar-refractivity contribution in [1.29, 1.82) is 0 Å². The van der Waals surface area contributed by atoms with Gasteiger partial charge < -0.3 is 0 Å². The van der Waals surface area contributed by atoms with Crippen molar-refractivity contribution in [2.45, 2.75) is 19.3 Å². The zero-order valence-corrected chi connectivity index (χ0v) is 8.27. The summed E-state index contributed by atoms with van der Waals surface area (Å²) in [6, 6.07) is 0. The van der Waals surface area contributed by atoms with Gasteiger partial charge in [0.1, 0.15) is 11.6 Å². The Labute approximate surface area is 84.9 Å². The minimum atomic E-state index is 1.01. The van der Waals surface area contributed by atoms with Crippen LogP contribution in [0.4, 0.5) is 0 Å². The fourth-order valence-electron chi connectivity index (χ4n) is 2.36. The van der Waals surface area contributed by atoms with Crippen molar-refractivity contribution < 1.29 is 0 Å². The highest BCUT2D eigenvalue weighted by Crippen LogP contribution is 2.30. The first-order valence-corrected chi connectivity index (χ1v) is 5.36. The number of nitrogens with one attached hydrogen (secondary N) is 1. The Kier molecular flexibility index (Phi) is 1.86. The summed E-state index contributed by atoms with van der Waals surface area (Å²) in [5.41, 5.74) is 5.79. The van der Waals surface area contributed by atoms with Crippen LogP contribution < -0.4 is 5.32 Å². The molecule has 2 aliphatic carbocycles. The summed E-state index contributed by atoms with van der Waals surface area (Å²) in [5.74, 6) is 0. The third-order valence-electron chi connectivity index (χ3n) is 3.21. The van der Waals surface area contributed by atoms with Crippen LogP contribution in [0.1, 0.15) is 19.3 Å². The molecule has 0 saturated carbocycles. The molecule has 0 aromatic heterocycles. The fourth-order valence-corrected chi connectivity index (χ4v) is 2.36. The van der Waals surface area contributed by atoms with E-state index in [0.29, 0.717) is 0 Å². The molecular weight excluding hydrogens is 170 g/mol. The van der Waals surface area contributed by atoms with Crippen LogP contribution in [0.2, 0.25) is 0 Å². The molecule has 1 nitrogen and oxygen atoms in total. The Bertz CT molecular complexity index is 310. The molecule has 1 heterocycles. The number of hydrogen-bond donors (Lipinski definition) is 1. The summed E-state index contributed by atoms with van der Waals surface area (Å²) >= 11 is 0. The Hall–Kier alpha value is -1.17. The van der Waals surface area contributed by atoms with Gasteiger partial charge in [0.05, 0.1) is 17.7 Å². The van der Waals surface area contributed by atoms with Gasteiger partial charge in [-0.1, -0.05) is 0 Å². The van der Waals surface area contributed by atoms with Crippen LogP contribution in [0.15, 0.2) is 40.5 Å². The van der Waals surface area contributed by atoms with Gasteiger partial charge >= 0.3 is 0 Å². The molecule has 1 N–H and O–H groups in total. The summed E-state index contributed by atoms with van der Waals surface area (Å²) in [7, 11) is 0. The molecule has 3 aliphatic rings. The van der Waals surface area contributed by atoms with E-state index in [1.165, 1.54) is 41.6 Å². The van der Waals surface area contributed by atoms with Crippen LogP contribution in [0.25, 0.3) is 0 Å². The molecule has 0 aromatic rings. The number of rotatable bonds is 0. The monoisotopic (exact) mass is 184 g/mol. The maximum absolute atomic E-state index is 3.46. The van der Waals surface area contributed by atoms with Crippen molar-refractivity contribution >= 4 is 0 Å². The van der Waals surface area contributed by atoms with Gasteiger partial charge in [0, 0.05) is 31.0 Å². The molecule has 1 aliphatic heterocycles. The third kappa shape index (κ3) is 1.26. The zero-order chi connectivity index (χ0) is 9.38. The molecule has 14 heavy (non-hydrogen) atoms. The van der Waals surface area contributed by atoms with E-state index in [0.717, 1.165) is 13.1 Å². The van der Waals surface area contributed by atoms with Gasteiger partial charge in [-0.05, 0) is 18.6 Å². The van der Waals surface area contributed by atoms with Crippen molar-refractivity contribution in [2.75, 3.05) is 13.1 Å². The Morgan fingerprint density at radius 3 is 2.86 bits per heavy atom. The normalized spacial score (nSPS) is 26.9. The average molecular weight is 184 g/mol. The van der Waals surface area contributed by atoms with Crippen molar-refractivity contribution in [2.24, 2.45) is 0 Å². The summed E-state index contributed by atoms with van der Waals surface area (Å²) < 4.78 is 0. The van der Waals surface area contributed by atoms with Crippen molar-refractivity contribution in [1.82, 2.24) is 5.32 Å². The second-order valence-electron chi connectivity index (χ2n) is 4.13. The minimum Gasteiger partial charge on any atom is -0.297 e. The maximum Gasteiger partial charge on any atom is 0.117 e. The van der Waals surface area contributed by atoms with Crippen LogP contribution in [0, 0.1) is 6.08 Å². The summed E-state index contributed by atoms with van der Waals surface area (Å²) in [4.78, 5) is 0. The highest BCUT2D eigenvalue weighted by atomic mass is 14.9. The van der Waals surface area contributed by atoms with Gasteiger partial charge in [-0.25, -0.2) is 0 Å². The summed E-state index contributed by atoms with van der Waals surface area (Å²) in [6.45, 7) is 2.03. The molecule has 1 heteroatoms. The number of hydrogen-bond acceptors (Lipinski definition) is 1. The molecular formula is C13H14N+. The van der Waals surface area contributed by atoms with Crippen LogP contribution in [0.5, 0.6) is 0 Å². The first kappa shape index (κ1) is 8.16. The lowest BCUT2D eigenvalue weighted by Gasteiger charge is -1.94. The minimum absolute atomic E-state index is 1.01. The molecule has 0 spiro atoms. The van der Waals surface area contributed by atoms with E-state index in [4.69, 9.17) is 0 Å². The van der Waals surface area contributed by atoms with Gasteiger partial charge in [0.2, 0.25) is 0 Å². The second-order valence-corrected chi connectivity index (χ2v) is 4.13. The predicted octanol–water partition coefficient (Wildman–Crippen LogP) is 2.30. The van der Waals surface area contributed by atoms with Crippen molar-refractivity contribution in [3.8, 4) is 0 Å². The van der Waals surface area contributed by atoms with Crippen LogP contribution in [-0.2, 0) is 0 Å². The lowest BCUT2D eigenvalue weighted by atomic mass is 10.0. The largest absolute Gasteiger partial charge is 0.297 e. The standard InChI is InChI=1S/C13H14N/c1-2-10-4-6-12-8-14-9-13(12)7-5-11(10)3-1/h4,6-7,14H,1-3,8-9H2/q+1/b6-4-,10-4?,12-6?,13-7?. The van der Waals surface area contributed by atoms with Gasteiger partial charge in [0.25, 0.3) is 0 Å². The van der Waals surface area contributed by atoms with Gasteiger partial charge in [-0.15, -0.1) is 0 Å². The lowest BCUT2D eigenvalue weighted by Crippen LogP contribution is -2.08. The molecule has 0 saturated heterocycles. The Balaban J connectivity index is 1.99. The topological polar surface area (TPSA) is 12.0 Å². The van der Waals surface area contributed by atoms with Crippen LogP contribution in [0.3, 0.4) is 0 Å². The molecule has 3 rings (SSSR count). The van der Waals surface area contributed by atoms with Crippen LogP contribution >= 0.6 is 0 Å². The van der Waals surface area contributed by atoms with E-state index in [2.05, 4.69) is 29.6 Å². The Morgan fingerprint density at radius 2 is 1.86 bits per heavy atom. The van der Waals surface area contributed by atoms with Crippen LogP contribution in [-0.4, -0.2) is 13.1 Å². The molecule has 70 valence electrons. The SMILES string of the molecule is [C+]1=CC2=C(/C=C\C3=C1CCC3)CNC2. The summed E-state index contributed by atoms with van der Waals surface area (Å²) in [6.07, 6.45) is 14.0. The average Bonchev–Trinajstić information content (AvgIpc) is 2.75.